The normalized spacial score (nSPS) is 11.1. The number of carbonyl (C=O) groups excluding carboxylic acids is 1. The molecule has 1 N–H and O–H groups in total. The Morgan fingerprint density at radius 1 is 1.03 bits per heavy atom. The second kappa shape index (κ2) is 8.54. The number of anilines is 1. The third-order valence-corrected chi connectivity index (χ3v) is 5.63. The summed E-state index contributed by atoms with van der Waals surface area (Å²) in [6.07, 6.45) is 0. The van der Waals surface area contributed by atoms with Gasteiger partial charge in [0.2, 0.25) is 11.1 Å². The summed E-state index contributed by atoms with van der Waals surface area (Å²) >= 11 is 1.25. The maximum atomic E-state index is 12.5. The lowest BCUT2D eigenvalue weighted by Gasteiger charge is -2.07. The first-order valence-electron chi connectivity index (χ1n) is 9.62. The number of imidazole rings is 1. The molecular weight excluding hydrogens is 402 g/mol. The number of tetrazole rings is 1. The van der Waals surface area contributed by atoms with Gasteiger partial charge in [-0.15, -0.1) is 5.10 Å². The first kappa shape index (κ1) is 19.9. The first-order chi connectivity index (χ1) is 14.6. The van der Waals surface area contributed by atoms with Crippen LogP contribution in [0.5, 0.6) is 0 Å². The van der Waals surface area contributed by atoms with Crippen molar-refractivity contribution >= 4 is 34.4 Å². The molecule has 4 rings (SSSR count). The maximum absolute atomic E-state index is 12.5. The molecule has 0 aliphatic rings. The molecular formula is C20H21N7O2S. The zero-order valence-corrected chi connectivity index (χ0v) is 17.5. The first-order valence-corrected chi connectivity index (χ1v) is 10.6. The summed E-state index contributed by atoms with van der Waals surface area (Å²) < 4.78 is 5.03. The van der Waals surface area contributed by atoms with E-state index in [1.54, 1.807) is 13.8 Å². The summed E-state index contributed by atoms with van der Waals surface area (Å²) in [5.74, 6) is -0.0239. The summed E-state index contributed by atoms with van der Waals surface area (Å²) in [7, 11) is 0. The van der Waals surface area contributed by atoms with E-state index in [-0.39, 0.29) is 17.3 Å². The number of benzene rings is 2. The van der Waals surface area contributed by atoms with Gasteiger partial charge in [0.15, 0.2) is 0 Å². The van der Waals surface area contributed by atoms with Crippen molar-refractivity contribution in [1.82, 2.24) is 29.3 Å². The van der Waals surface area contributed by atoms with E-state index in [0.29, 0.717) is 23.9 Å². The summed E-state index contributed by atoms with van der Waals surface area (Å²) in [6, 6.07) is 15.0. The van der Waals surface area contributed by atoms with Crippen LogP contribution in [0.4, 0.5) is 5.69 Å². The minimum absolute atomic E-state index is 0.0400. The van der Waals surface area contributed by atoms with Crippen molar-refractivity contribution in [3.8, 4) is 5.69 Å². The molecule has 0 saturated carbocycles. The minimum Gasteiger partial charge on any atom is -0.325 e. The molecule has 0 saturated heterocycles. The van der Waals surface area contributed by atoms with Gasteiger partial charge in [-0.3, -0.25) is 13.9 Å². The van der Waals surface area contributed by atoms with Gasteiger partial charge in [-0.2, -0.15) is 4.68 Å². The number of para-hydroxylation sites is 1. The highest BCUT2D eigenvalue weighted by Gasteiger charge is 2.14. The van der Waals surface area contributed by atoms with Gasteiger partial charge in [0, 0.05) is 18.8 Å². The molecule has 1 amide bonds. The molecule has 0 bridgehead atoms. The van der Waals surface area contributed by atoms with E-state index in [1.807, 2.05) is 62.4 Å². The van der Waals surface area contributed by atoms with Crippen molar-refractivity contribution in [3.05, 3.63) is 59.0 Å². The molecule has 0 spiro atoms. The van der Waals surface area contributed by atoms with E-state index < -0.39 is 0 Å². The molecule has 9 nitrogen and oxygen atoms in total. The molecule has 10 heteroatoms. The Morgan fingerprint density at radius 3 is 2.50 bits per heavy atom. The van der Waals surface area contributed by atoms with E-state index in [9.17, 15) is 9.59 Å². The van der Waals surface area contributed by atoms with Crippen molar-refractivity contribution in [2.75, 3.05) is 11.1 Å². The Bertz CT molecular complexity index is 1240. The molecule has 4 aromatic rings. The van der Waals surface area contributed by atoms with Gasteiger partial charge in [0.05, 0.1) is 22.5 Å². The zero-order valence-electron chi connectivity index (χ0n) is 16.6. The van der Waals surface area contributed by atoms with Crippen molar-refractivity contribution < 1.29 is 4.79 Å². The molecule has 0 radical (unpaired) electrons. The molecule has 2 aromatic carbocycles. The zero-order chi connectivity index (χ0) is 21.1. The van der Waals surface area contributed by atoms with Crippen LogP contribution in [0.15, 0.2) is 58.5 Å². The van der Waals surface area contributed by atoms with Gasteiger partial charge in [-0.25, -0.2) is 4.79 Å². The molecule has 2 heterocycles. The second-order valence-electron chi connectivity index (χ2n) is 6.52. The van der Waals surface area contributed by atoms with Crippen LogP contribution in [0.25, 0.3) is 16.7 Å². The largest absolute Gasteiger partial charge is 0.329 e. The Morgan fingerprint density at radius 2 is 1.77 bits per heavy atom. The molecule has 0 atom stereocenters. The van der Waals surface area contributed by atoms with Crippen LogP contribution in [-0.2, 0) is 17.9 Å². The van der Waals surface area contributed by atoms with Crippen molar-refractivity contribution in [3.63, 3.8) is 0 Å². The molecule has 2 aromatic heterocycles. The maximum Gasteiger partial charge on any atom is 0.329 e. The Labute approximate surface area is 176 Å². The minimum atomic E-state index is -0.178. The number of thioether (sulfide) groups is 1. The third-order valence-electron chi connectivity index (χ3n) is 4.71. The number of rotatable bonds is 7. The predicted octanol–water partition coefficient (Wildman–Crippen LogP) is 2.55. The lowest BCUT2D eigenvalue weighted by atomic mass is 10.2. The molecule has 0 aliphatic heterocycles. The van der Waals surface area contributed by atoms with E-state index in [4.69, 9.17) is 0 Å². The van der Waals surface area contributed by atoms with Crippen molar-refractivity contribution in [2.24, 2.45) is 0 Å². The number of hydrogen-bond acceptors (Lipinski definition) is 6. The van der Waals surface area contributed by atoms with E-state index in [1.165, 1.54) is 11.8 Å². The standard InChI is InChI=1S/C20H21N7O2S/c1-3-25-16-11-10-14(12-17(16)26(4-2)20(25)29)21-18(28)13-30-19-22-23-24-27(19)15-8-6-5-7-9-15/h5-12H,3-4,13H2,1-2H3,(H,21,28). The van der Waals surface area contributed by atoms with Gasteiger partial charge in [-0.05, 0) is 54.6 Å². The number of carbonyl (C=O) groups is 1. The highest BCUT2D eigenvalue weighted by molar-refractivity contribution is 7.99. The van der Waals surface area contributed by atoms with Gasteiger partial charge >= 0.3 is 5.69 Å². The Kier molecular flexibility index (Phi) is 5.66. The summed E-state index contributed by atoms with van der Waals surface area (Å²) in [5, 5.41) is 15.1. The van der Waals surface area contributed by atoms with Crippen LogP contribution in [0.1, 0.15) is 13.8 Å². The van der Waals surface area contributed by atoms with Crippen LogP contribution in [0, 0.1) is 0 Å². The topological polar surface area (TPSA) is 99.6 Å². The molecule has 0 unspecified atom stereocenters. The second-order valence-corrected chi connectivity index (χ2v) is 7.46. The molecule has 0 fully saturated rings. The van der Waals surface area contributed by atoms with Crippen molar-refractivity contribution in [2.45, 2.75) is 32.1 Å². The van der Waals surface area contributed by atoms with Crippen LogP contribution in [0.2, 0.25) is 0 Å². The fraction of sp³-hybridized carbons (Fsp3) is 0.250. The quantitative estimate of drug-likeness (QED) is 0.459. The summed E-state index contributed by atoms with van der Waals surface area (Å²) in [5.41, 5.74) is 3.10. The summed E-state index contributed by atoms with van der Waals surface area (Å²) in [6.45, 7) is 5.04. The average molecular weight is 424 g/mol. The van der Waals surface area contributed by atoms with Crippen LogP contribution >= 0.6 is 11.8 Å². The van der Waals surface area contributed by atoms with E-state index in [0.717, 1.165) is 16.7 Å². The van der Waals surface area contributed by atoms with Crippen LogP contribution < -0.4 is 11.0 Å². The van der Waals surface area contributed by atoms with Crippen molar-refractivity contribution in [1.29, 1.82) is 0 Å². The number of aromatic nitrogens is 6. The number of amides is 1. The number of aryl methyl sites for hydroxylation is 2. The summed E-state index contributed by atoms with van der Waals surface area (Å²) in [4.78, 5) is 25.0. The fourth-order valence-electron chi connectivity index (χ4n) is 3.34. The Hall–Kier alpha value is -3.40. The van der Waals surface area contributed by atoms with E-state index >= 15 is 0 Å². The molecule has 30 heavy (non-hydrogen) atoms. The highest BCUT2D eigenvalue weighted by Crippen LogP contribution is 2.21. The predicted molar refractivity (Wildman–Crippen MR) is 116 cm³/mol. The lowest BCUT2D eigenvalue weighted by molar-refractivity contribution is -0.113. The highest BCUT2D eigenvalue weighted by atomic mass is 32.2. The lowest BCUT2D eigenvalue weighted by Crippen LogP contribution is -2.23. The molecule has 0 aliphatic carbocycles. The number of nitrogens with zero attached hydrogens (tertiary/aromatic N) is 6. The Balaban J connectivity index is 1.48. The monoisotopic (exact) mass is 423 g/mol. The third kappa shape index (κ3) is 3.73. The van der Waals surface area contributed by atoms with Gasteiger partial charge in [0.1, 0.15) is 0 Å². The number of fused-ring (bicyclic) bond motifs is 1. The van der Waals surface area contributed by atoms with Crippen LogP contribution in [0.3, 0.4) is 0 Å². The SMILES string of the molecule is CCn1c(=O)n(CC)c2cc(NC(=O)CSc3nnnn3-c3ccccc3)ccc21. The number of hydrogen-bond donors (Lipinski definition) is 1. The van der Waals surface area contributed by atoms with Crippen LogP contribution in [-0.4, -0.2) is 41.0 Å². The van der Waals surface area contributed by atoms with E-state index in [2.05, 4.69) is 20.8 Å². The number of nitrogens with one attached hydrogen (secondary N) is 1. The van der Waals surface area contributed by atoms with Gasteiger partial charge in [-0.1, -0.05) is 30.0 Å². The smallest absolute Gasteiger partial charge is 0.325 e. The average Bonchev–Trinajstić information content (AvgIpc) is 3.34. The fourth-order valence-corrected chi connectivity index (χ4v) is 4.03. The van der Waals surface area contributed by atoms with Gasteiger partial charge in [0.25, 0.3) is 0 Å². The molecule has 154 valence electrons. The van der Waals surface area contributed by atoms with Gasteiger partial charge < -0.3 is 5.32 Å².